The number of H-pyrrole nitrogens is 1. The van der Waals surface area contributed by atoms with Gasteiger partial charge in [0.25, 0.3) is 5.89 Å². The molecule has 5 aromatic heterocycles. The molecule has 1 aliphatic rings. The molecular formula is C22H17F3N8O. The summed E-state index contributed by atoms with van der Waals surface area (Å²) in [4.78, 5) is 13.5. The summed E-state index contributed by atoms with van der Waals surface area (Å²) >= 11 is 0. The molecule has 34 heavy (non-hydrogen) atoms. The van der Waals surface area contributed by atoms with E-state index in [2.05, 4.69) is 25.1 Å². The zero-order chi connectivity index (χ0) is 23.4. The van der Waals surface area contributed by atoms with Crippen LogP contribution in [0.4, 0.5) is 19.2 Å². The molecule has 0 spiro atoms. The first-order valence-corrected chi connectivity index (χ1v) is 10.5. The summed E-state index contributed by atoms with van der Waals surface area (Å²) in [6.07, 6.45) is 0.478. The van der Waals surface area contributed by atoms with Crippen LogP contribution in [0.25, 0.3) is 17.1 Å². The van der Waals surface area contributed by atoms with E-state index in [0.717, 1.165) is 40.4 Å². The fourth-order valence-corrected chi connectivity index (χ4v) is 4.21. The van der Waals surface area contributed by atoms with E-state index in [-0.39, 0.29) is 23.6 Å². The Balaban J connectivity index is 1.39. The Bertz CT molecular complexity index is 1480. The first-order chi connectivity index (χ1) is 16.4. The van der Waals surface area contributed by atoms with Gasteiger partial charge in [-0.2, -0.15) is 18.3 Å². The smallest absolute Gasteiger partial charge is 0.402 e. The van der Waals surface area contributed by atoms with Crippen LogP contribution < -0.4 is 4.90 Å². The number of rotatable bonds is 3. The molecule has 9 nitrogen and oxygen atoms in total. The molecule has 6 rings (SSSR count). The van der Waals surface area contributed by atoms with E-state index in [1.54, 1.807) is 6.33 Å². The van der Waals surface area contributed by atoms with Crippen molar-refractivity contribution in [3.05, 3.63) is 77.3 Å². The van der Waals surface area contributed by atoms with Crippen molar-refractivity contribution in [1.29, 1.82) is 0 Å². The summed E-state index contributed by atoms with van der Waals surface area (Å²) in [6, 6.07) is 7.92. The monoisotopic (exact) mass is 466 g/mol. The molecule has 1 N–H and O–H groups in total. The van der Waals surface area contributed by atoms with Crippen molar-refractivity contribution < 1.29 is 17.6 Å². The molecule has 1 aliphatic heterocycles. The van der Waals surface area contributed by atoms with Crippen molar-refractivity contribution in [3.8, 4) is 11.6 Å². The van der Waals surface area contributed by atoms with Gasteiger partial charge in [-0.05, 0) is 36.8 Å². The Morgan fingerprint density at radius 1 is 1.15 bits per heavy atom. The van der Waals surface area contributed by atoms with Crippen molar-refractivity contribution in [3.63, 3.8) is 0 Å². The van der Waals surface area contributed by atoms with E-state index >= 15 is 0 Å². The maximum atomic E-state index is 12.9. The van der Waals surface area contributed by atoms with Crippen molar-refractivity contribution in [2.75, 3.05) is 11.4 Å². The molecule has 172 valence electrons. The van der Waals surface area contributed by atoms with Gasteiger partial charge in [-0.3, -0.25) is 4.98 Å². The van der Waals surface area contributed by atoms with Gasteiger partial charge in [0, 0.05) is 31.1 Å². The Hall–Kier alpha value is -4.22. The predicted octanol–water partition coefficient (Wildman–Crippen LogP) is 3.98. The lowest BCUT2D eigenvalue weighted by Gasteiger charge is -2.32. The molecule has 1 atom stereocenters. The van der Waals surface area contributed by atoms with Crippen LogP contribution >= 0.6 is 0 Å². The highest BCUT2D eigenvalue weighted by molar-refractivity contribution is 5.57. The lowest BCUT2D eigenvalue weighted by molar-refractivity contribution is -0.137. The first-order valence-electron chi connectivity index (χ1n) is 10.5. The third-order valence-corrected chi connectivity index (χ3v) is 5.91. The summed E-state index contributed by atoms with van der Waals surface area (Å²) in [7, 11) is 0. The van der Waals surface area contributed by atoms with Crippen molar-refractivity contribution in [2.45, 2.75) is 25.6 Å². The van der Waals surface area contributed by atoms with E-state index in [9.17, 15) is 13.2 Å². The van der Waals surface area contributed by atoms with Crippen LogP contribution in [0.5, 0.6) is 0 Å². The largest absolute Gasteiger partial charge is 0.417 e. The fraction of sp³-hybridized carbons (Fsp3) is 0.227. The summed E-state index contributed by atoms with van der Waals surface area (Å²) in [5.74, 6) is 0.0288. The molecule has 12 heteroatoms. The van der Waals surface area contributed by atoms with Crippen LogP contribution in [-0.2, 0) is 12.6 Å². The normalized spacial score (nSPS) is 16.2. The lowest BCUT2D eigenvalue weighted by atomic mass is 10.00. The molecule has 0 bridgehead atoms. The Labute approximate surface area is 190 Å². The highest BCUT2D eigenvalue weighted by Crippen LogP contribution is 2.37. The number of halogens is 3. The van der Waals surface area contributed by atoms with E-state index in [0.29, 0.717) is 13.0 Å². The first kappa shape index (κ1) is 20.4. The van der Waals surface area contributed by atoms with Gasteiger partial charge in [0.1, 0.15) is 11.7 Å². The van der Waals surface area contributed by atoms with E-state index in [1.807, 2.05) is 40.7 Å². The summed E-state index contributed by atoms with van der Waals surface area (Å²) in [5.41, 5.74) is 3.93. The van der Waals surface area contributed by atoms with Crippen LogP contribution in [-0.4, -0.2) is 41.3 Å². The summed E-state index contributed by atoms with van der Waals surface area (Å²) in [5, 5.41) is 13.0. The minimum absolute atomic E-state index is 0.0288. The quantitative estimate of drug-likeness (QED) is 0.429. The van der Waals surface area contributed by atoms with Gasteiger partial charge in [-0.15, -0.1) is 5.10 Å². The molecule has 0 amide bonds. The van der Waals surface area contributed by atoms with Crippen LogP contribution in [0.15, 0.2) is 53.5 Å². The van der Waals surface area contributed by atoms with Crippen molar-refractivity contribution >= 4 is 11.5 Å². The number of hydrogen-bond acceptors (Lipinski definition) is 7. The number of pyridine rings is 2. The summed E-state index contributed by atoms with van der Waals surface area (Å²) < 4.78 is 46.2. The third-order valence-electron chi connectivity index (χ3n) is 5.91. The van der Waals surface area contributed by atoms with Gasteiger partial charge < -0.3 is 14.3 Å². The number of imidazole rings is 1. The molecule has 0 radical (unpaired) electrons. The average Bonchev–Trinajstić information content (AvgIpc) is 3.57. The zero-order valence-corrected chi connectivity index (χ0v) is 17.8. The molecular weight excluding hydrogens is 449 g/mol. The van der Waals surface area contributed by atoms with E-state index < -0.39 is 11.7 Å². The van der Waals surface area contributed by atoms with E-state index in [1.165, 1.54) is 6.07 Å². The number of aromatic nitrogens is 7. The SMILES string of the molecule is Cc1cccn2nc([C@H]3c4nc[nH]c4CCN3c3nnc(-c4ccc(C(F)(F)F)cn4)o3)cc12. The molecule has 0 fully saturated rings. The number of anilines is 1. The second kappa shape index (κ2) is 7.40. The number of aryl methyl sites for hydroxylation is 1. The van der Waals surface area contributed by atoms with Crippen molar-refractivity contribution in [1.82, 2.24) is 34.8 Å². The van der Waals surface area contributed by atoms with Crippen LogP contribution in [0, 0.1) is 6.92 Å². The number of hydrogen-bond donors (Lipinski definition) is 1. The average molecular weight is 466 g/mol. The summed E-state index contributed by atoms with van der Waals surface area (Å²) in [6.45, 7) is 2.57. The van der Waals surface area contributed by atoms with Gasteiger partial charge in [0.15, 0.2) is 0 Å². The Kier molecular flexibility index (Phi) is 4.44. The Morgan fingerprint density at radius 3 is 2.79 bits per heavy atom. The minimum atomic E-state index is -4.47. The zero-order valence-electron chi connectivity index (χ0n) is 17.8. The number of nitrogens with one attached hydrogen (secondary N) is 1. The molecule has 0 aromatic carbocycles. The van der Waals surface area contributed by atoms with Gasteiger partial charge in [0.05, 0.1) is 28.8 Å². The highest BCUT2D eigenvalue weighted by Gasteiger charge is 2.36. The topological polar surface area (TPSA) is 101 Å². The molecule has 6 heterocycles. The molecule has 0 aliphatic carbocycles. The number of alkyl halides is 3. The molecule has 0 unspecified atom stereocenters. The van der Waals surface area contributed by atoms with Crippen LogP contribution in [0.3, 0.4) is 0 Å². The maximum Gasteiger partial charge on any atom is 0.417 e. The van der Waals surface area contributed by atoms with E-state index in [4.69, 9.17) is 9.52 Å². The van der Waals surface area contributed by atoms with Crippen LogP contribution in [0.1, 0.15) is 34.3 Å². The minimum Gasteiger partial charge on any atom is -0.402 e. The van der Waals surface area contributed by atoms with Gasteiger partial charge >= 0.3 is 12.2 Å². The van der Waals surface area contributed by atoms with Gasteiger partial charge in [-0.25, -0.2) is 9.50 Å². The highest BCUT2D eigenvalue weighted by atomic mass is 19.4. The second-order valence-electron chi connectivity index (χ2n) is 8.02. The number of nitrogens with zero attached hydrogens (tertiary/aromatic N) is 7. The fourth-order valence-electron chi connectivity index (χ4n) is 4.21. The Morgan fingerprint density at radius 2 is 2.03 bits per heavy atom. The second-order valence-corrected chi connectivity index (χ2v) is 8.02. The molecule has 0 saturated carbocycles. The number of aromatic amines is 1. The molecule has 0 saturated heterocycles. The van der Waals surface area contributed by atoms with Crippen LogP contribution in [0.2, 0.25) is 0 Å². The standard InChI is InChI=1S/C22H17F3N8O/c1-12-3-2-7-33-17(12)9-16(31-33)19-18-14(27-11-28-18)6-8-32(19)21-30-29-20(34-21)15-5-4-13(10-26-15)22(23,24)25/h2-5,7,9-11,19H,6,8H2,1H3,(H,27,28)/t19-/m0/s1. The van der Waals surface area contributed by atoms with Gasteiger partial charge in [-0.1, -0.05) is 11.2 Å². The number of fused-ring (bicyclic) bond motifs is 2. The molecule has 5 aromatic rings. The van der Waals surface area contributed by atoms with Gasteiger partial charge in [0.2, 0.25) is 0 Å². The predicted molar refractivity (Wildman–Crippen MR) is 114 cm³/mol. The lowest BCUT2D eigenvalue weighted by Crippen LogP contribution is -2.36. The third kappa shape index (κ3) is 3.29. The van der Waals surface area contributed by atoms with Crippen molar-refractivity contribution in [2.24, 2.45) is 0 Å². The maximum absolute atomic E-state index is 12.9.